The molecule has 1 unspecified atom stereocenters. The van der Waals surface area contributed by atoms with Crippen LogP contribution in [-0.2, 0) is 44.0 Å². The van der Waals surface area contributed by atoms with Crippen molar-refractivity contribution in [3.8, 4) is 0 Å². The summed E-state index contributed by atoms with van der Waals surface area (Å²) in [4.78, 5) is 0. The van der Waals surface area contributed by atoms with Gasteiger partial charge < -0.3 is 9.27 Å². The molecular formula is C7H8NO2SY-. The van der Waals surface area contributed by atoms with Crippen LogP contribution in [0.2, 0.25) is 0 Å². The summed E-state index contributed by atoms with van der Waals surface area (Å²) in [5.74, 6) is 0. The summed E-state index contributed by atoms with van der Waals surface area (Å²) in [5.41, 5.74) is 1.69. The summed E-state index contributed by atoms with van der Waals surface area (Å²) in [5, 5.41) is 0. The first-order chi connectivity index (χ1) is 5.18. The van der Waals surface area contributed by atoms with Crippen molar-refractivity contribution < 1.29 is 41.5 Å². The monoisotopic (exact) mass is 259 g/mol. The second-order valence-electron chi connectivity index (χ2n) is 2.20. The van der Waals surface area contributed by atoms with Gasteiger partial charge in [0.25, 0.3) is 0 Å². The molecule has 1 rings (SSSR count). The number of hydrogen-bond acceptors (Lipinski definition) is 2. The molecule has 0 spiro atoms. The summed E-state index contributed by atoms with van der Waals surface area (Å²) in [7, 11) is 0. The normalized spacial score (nSPS) is 11.5. The van der Waals surface area contributed by atoms with E-state index >= 15 is 0 Å². The Labute approximate surface area is 99.2 Å². The van der Waals surface area contributed by atoms with Crippen molar-refractivity contribution in [2.75, 3.05) is 4.72 Å². The average molecular weight is 259 g/mol. The van der Waals surface area contributed by atoms with Gasteiger partial charge in [-0.05, 0) is 19.1 Å². The maximum Gasteiger partial charge on any atom is 0.0452 e. The van der Waals surface area contributed by atoms with Crippen LogP contribution in [0.1, 0.15) is 5.56 Å². The molecule has 3 nitrogen and oxygen atoms in total. The summed E-state index contributed by atoms with van der Waals surface area (Å²) < 4.78 is 22.5. The molecule has 0 bridgehead atoms. The predicted octanol–water partition coefficient (Wildman–Crippen LogP) is 1.20. The van der Waals surface area contributed by atoms with Gasteiger partial charge in [-0.25, -0.2) is 0 Å². The van der Waals surface area contributed by atoms with Crippen LogP contribution >= 0.6 is 0 Å². The van der Waals surface area contributed by atoms with Crippen LogP contribution in [0, 0.1) is 6.92 Å². The SMILES string of the molecule is Cc1ccc(NS(=O)[O-])cc1.[Y]. The van der Waals surface area contributed by atoms with E-state index in [1.165, 1.54) is 0 Å². The molecule has 0 aliphatic rings. The van der Waals surface area contributed by atoms with Crippen LogP contribution < -0.4 is 4.72 Å². The molecule has 0 aliphatic carbocycles. The fourth-order valence-corrected chi connectivity index (χ4v) is 1.05. The van der Waals surface area contributed by atoms with Crippen LogP contribution in [0.4, 0.5) is 5.69 Å². The standard InChI is InChI=1S/C7H9NO2S.Y/c1-6-2-4-7(5-3-6)8-11(9)10;/h2-5,8H,1H3,(H,9,10);/p-1. The molecule has 0 aliphatic heterocycles. The number of anilines is 1. The molecule has 0 amide bonds. The third-order valence-electron chi connectivity index (χ3n) is 1.25. The number of nitrogens with one attached hydrogen (secondary N) is 1. The number of benzene rings is 1. The van der Waals surface area contributed by atoms with E-state index < -0.39 is 11.3 Å². The van der Waals surface area contributed by atoms with Crippen molar-refractivity contribution >= 4 is 17.0 Å². The number of rotatable bonds is 2. The first kappa shape index (κ1) is 12.2. The average Bonchev–Trinajstić information content (AvgIpc) is 1.93. The maximum atomic E-state index is 10.1. The Morgan fingerprint density at radius 1 is 1.33 bits per heavy atom. The second-order valence-corrected chi connectivity index (χ2v) is 2.88. The zero-order chi connectivity index (χ0) is 8.27. The van der Waals surface area contributed by atoms with Gasteiger partial charge in [0.05, 0.1) is 0 Å². The molecule has 1 aromatic carbocycles. The Morgan fingerprint density at radius 2 is 1.83 bits per heavy atom. The molecule has 5 heteroatoms. The van der Waals surface area contributed by atoms with Gasteiger partial charge in [0, 0.05) is 49.7 Å². The van der Waals surface area contributed by atoms with Gasteiger partial charge in [-0.1, -0.05) is 17.7 Å². The summed E-state index contributed by atoms with van der Waals surface area (Å²) in [6.07, 6.45) is 0. The van der Waals surface area contributed by atoms with Crippen molar-refractivity contribution in [1.82, 2.24) is 0 Å². The van der Waals surface area contributed by atoms with E-state index in [0.717, 1.165) is 5.56 Å². The van der Waals surface area contributed by atoms with Gasteiger partial charge in [0.15, 0.2) is 0 Å². The minimum absolute atomic E-state index is 0. The van der Waals surface area contributed by atoms with Gasteiger partial charge in [-0.15, -0.1) is 0 Å². The van der Waals surface area contributed by atoms with Crippen molar-refractivity contribution in [2.24, 2.45) is 0 Å². The Kier molecular flexibility index (Phi) is 5.92. The van der Waals surface area contributed by atoms with Gasteiger partial charge >= 0.3 is 0 Å². The largest absolute Gasteiger partial charge is 0.755 e. The van der Waals surface area contributed by atoms with Crippen LogP contribution in [-0.4, -0.2) is 8.76 Å². The van der Waals surface area contributed by atoms with E-state index in [9.17, 15) is 8.76 Å². The quantitative estimate of drug-likeness (QED) is 0.811. The Hall–Kier alpha value is 0.234. The number of aryl methyl sites for hydroxylation is 1. The summed E-state index contributed by atoms with van der Waals surface area (Å²) in [6, 6.07) is 7.11. The maximum absolute atomic E-state index is 10.1. The zero-order valence-corrected chi connectivity index (χ0v) is 10.3. The van der Waals surface area contributed by atoms with Gasteiger partial charge in [-0.2, -0.15) is 0 Å². The van der Waals surface area contributed by atoms with Crippen molar-refractivity contribution in [1.29, 1.82) is 0 Å². The Balaban J connectivity index is 0.00000121. The third-order valence-corrected chi connectivity index (χ3v) is 1.66. The molecule has 12 heavy (non-hydrogen) atoms. The van der Waals surface area contributed by atoms with E-state index in [-0.39, 0.29) is 32.7 Å². The molecule has 1 atom stereocenters. The molecule has 0 saturated carbocycles. The molecule has 0 aromatic heterocycles. The molecule has 1 aromatic rings. The molecule has 1 N–H and O–H groups in total. The first-order valence-corrected chi connectivity index (χ1v) is 4.18. The molecule has 0 saturated heterocycles. The van der Waals surface area contributed by atoms with E-state index in [0.29, 0.717) is 5.69 Å². The van der Waals surface area contributed by atoms with Crippen LogP contribution in [0.15, 0.2) is 24.3 Å². The fraction of sp³-hybridized carbons (Fsp3) is 0.143. The van der Waals surface area contributed by atoms with E-state index in [4.69, 9.17) is 0 Å². The first-order valence-electron chi connectivity index (χ1n) is 3.11. The second kappa shape index (κ2) is 5.81. The molecular weight excluding hydrogens is 251 g/mol. The van der Waals surface area contributed by atoms with Gasteiger partial charge in [-0.3, -0.25) is 4.21 Å². The minimum Gasteiger partial charge on any atom is -0.755 e. The number of hydrogen-bond donors (Lipinski definition) is 1. The van der Waals surface area contributed by atoms with Gasteiger partial charge in [0.2, 0.25) is 0 Å². The summed E-state index contributed by atoms with van der Waals surface area (Å²) >= 11 is -2.22. The van der Waals surface area contributed by atoms with Crippen molar-refractivity contribution in [3.05, 3.63) is 29.8 Å². The van der Waals surface area contributed by atoms with Crippen LogP contribution in [0.3, 0.4) is 0 Å². The predicted molar refractivity (Wildman–Crippen MR) is 43.7 cm³/mol. The minimum atomic E-state index is -2.22. The topological polar surface area (TPSA) is 52.2 Å². The Bertz CT molecular complexity index is 263. The molecule has 0 heterocycles. The molecule has 63 valence electrons. The van der Waals surface area contributed by atoms with E-state index in [1.54, 1.807) is 12.1 Å². The zero-order valence-electron chi connectivity index (χ0n) is 6.61. The van der Waals surface area contributed by atoms with Crippen molar-refractivity contribution in [3.63, 3.8) is 0 Å². The Morgan fingerprint density at radius 3 is 2.25 bits per heavy atom. The van der Waals surface area contributed by atoms with E-state index in [1.807, 2.05) is 19.1 Å². The van der Waals surface area contributed by atoms with Crippen LogP contribution in [0.25, 0.3) is 0 Å². The van der Waals surface area contributed by atoms with Gasteiger partial charge in [0.1, 0.15) is 0 Å². The molecule has 0 fully saturated rings. The molecule has 1 radical (unpaired) electrons. The van der Waals surface area contributed by atoms with Crippen LogP contribution in [0.5, 0.6) is 0 Å². The fourth-order valence-electron chi connectivity index (χ4n) is 0.718. The van der Waals surface area contributed by atoms with Crippen molar-refractivity contribution in [2.45, 2.75) is 6.92 Å². The smallest absolute Gasteiger partial charge is 0.0452 e. The summed E-state index contributed by atoms with van der Waals surface area (Å²) in [6.45, 7) is 1.94. The third kappa shape index (κ3) is 4.31. The van der Waals surface area contributed by atoms with E-state index in [2.05, 4.69) is 4.72 Å².